The molecule has 0 radical (unpaired) electrons. The van der Waals surface area contributed by atoms with Gasteiger partial charge in [0.05, 0.1) is 0 Å². The van der Waals surface area contributed by atoms with Crippen LogP contribution in [0.15, 0.2) is 57.5 Å². The Balaban J connectivity index is 2.59. The van der Waals surface area contributed by atoms with E-state index in [1.54, 1.807) is 0 Å². The molecule has 0 N–H and O–H groups in total. The van der Waals surface area contributed by atoms with Crippen LogP contribution in [0.2, 0.25) is 0 Å². The van der Waals surface area contributed by atoms with Crippen molar-refractivity contribution in [1.29, 1.82) is 0 Å². The van der Waals surface area contributed by atoms with Crippen molar-refractivity contribution >= 4 is 53.4 Å². The second kappa shape index (κ2) is 3.86. The second-order valence-corrected chi connectivity index (χ2v) is 5.54. The van der Waals surface area contributed by atoms with Crippen LogP contribution in [0.1, 0.15) is 0 Å². The molecule has 0 aliphatic heterocycles. The number of hydrogen-bond acceptors (Lipinski definition) is 0. The lowest BCUT2D eigenvalue weighted by Crippen LogP contribution is -1.79. The fraction of sp³-hybridized carbons (Fsp3) is 0. The molecule has 0 aromatic heterocycles. The molecule has 0 aliphatic rings. The highest BCUT2D eigenvalue weighted by atomic mass is 79.9. The summed E-state index contributed by atoms with van der Waals surface area (Å²) in [7, 11) is 0. The summed E-state index contributed by atoms with van der Waals surface area (Å²) in [5, 5.41) is 5.10. The summed E-state index contributed by atoms with van der Waals surface area (Å²) in [5.41, 5.74) is 0. The Bertz CT molecular complexity index is 687. The zero-order valence-corrected chi connectivity index (χ0v) is 11.5. The first kappa shape index (κ1) is 10.3. The number of fused-ring (bicyclic) bond motifs is 3. The zero-order chi connectivity index (χ0) is 11.1. The van der Waals surface area contributed by atoms with Crippen LogP contribution >= 0.6 is 31.9 Å². The summed E-state index contributed by atoms with van der Waals surface area (Å²) in [6.07, 6.45) is 0. The minimum atomic E-state index is 1.11. The molecule has 0 nitrogen and oxygen atoms in total. The van der Waals surface area contributed by atoms with E-state index in [1.807, 2.05) is 0 Å². The summed E-state index contributed by atoms with van der Waals surface area (Å²) >= 11 is 7.13. The van der Waals surface area contributed by atoms with Gasteiger partial charge in [0.25, 0.3) is 0 Å². The normalized spacial score (nSPS) is 11.1. The molecule has 0 aliphatic carbocycles. The molecular formula is C14H8Br2. The molecule has 0 atom stereocenters. The third-order valence-corrected chi connectivity index (χ3v) is 3.92. The van der Waals surface area contributed by atoms with Crippen LogP contribution in [0.3, 0.4) is 0 Å². The van der Waals surface area contributed by atoms with Gasteiger partial charge in [-0.25, -0.2) is 0 Å². The van der Waals surface area contributed by atoms with Crippen molar-refractivity contribution in [2.24, 2.45) is 0 Å². The van der Waals surface area contributed by atoms with E-state index >= 15 is 0 Å². The van der Waals surface area contributed by atoms with Crippen molar-refractivity contribution in [3.05, 3.63) is 57.5 Å². The van der Waals surface area contributed by atoms with Gasteiger partial charge >= 0.3 is 0 Å². The van der Waals surface area contributed by atoms with E-state index in [-0.39, 0.29) is 0 Å². The lowest BCUT2D eigenvalue weighted by Gasteiger charge is -2.06. The van der Waals surface area contributed by atoms with Crippen LogP contribution in [0, 0.1) is 0 Å². The number of hydrogen-bond donors (Lipinski definition) is 0. The molecule has 0 bridgehead atoms. The topological polar surface area (TPSA) is 0 Å². The predicted molar refractivity (Wildman–Crippen MR) is 76.9 cm³/mol. The fourth-order valence-electron chi connectivity index (χ4n) is 2.04. The number of rotatable bonds is 0. The van der Waals surface area contributed by atoms with Gasteiger partial charge in [-0.1, -0.05) is 62.2 Å². The van der Waals surface area contributed by atoms with E-state index in [2.05, 4.69) is 80.4 Å². The van der Waals surface area contributed by atoms with Gasteiger partial charge in [0.2, 0.25) is 0 Å². The van der Waals surface area contributed by atoms with Gasteiger partial charge in [-0.2, -0.15) is 0 Å². The maximum atomic E-state index is 3.63. The first-order valence-corrected chi connectivity index (χ1v) is 6.61. The van der Waals surface area contributed by atoms with Crippen molar-refractivity contribution in [2.45, 2.75) is 0 Å². The van der Waals surface area contributed by atoms with Crippen LogP contribution in [0.25, 0.3) is 21.5 Å². The van der Waals surface area contributed by atoms with Gasteiger partial charge in [0.1, 0.15) is 0 Å². The van der Waals surface area contributed by atoms with E-state index < -0.39 is 0 Å². The predicted octanol–water partition coefficient (Wildman–Crippen LogP) is 5.52. The molecule has 0 saturated heterocycles. The molecule has 0 heterocycles. The Morgan fingerprint density at radius 2 is 1.44 bits per heavy atom. The first-order chi connectivity index (χ1) is 7.75. The number of benzene rings is 3. The molecule has 3 aromatic rings. The summed E-state index contributed by atoms with van der Waals surface area (Å²) in [4.78, 5) is 0. The van der Waals surface area contributed by atoms with Gasteiger partial charge in [0.15, 0.2) is 0 Å². The van der Waals surface area contributed by atoms with Crippen molar-refractivity contribution < 1.29 is 0 Å². The van der Waals surface area contributed by atoms with Gasteiger partial charge in [-0.3, -0.25) is 0 Å². The third kappa shape index (κ3) is 1.57. The Labute approximate surface area is 111 Å². The van der Waals surface area contributed by atoms with Crippen LogP contribution < -0.4 is 0 Å². The average Bonchev–Trinajstić information content (AvgIpc) is 2.29. The fourth-order valence-corrected chi connectivity index (χ4v) is 3.01. The molecule has 2 heteroatoms. The Hall–Kier alpha value is -0.860. The second-order valence-electron chi connectivity index (χ2n) is 3.77. The van der Waals surface area contributed by atoms with Crippen molar-refractivity contribution in [3.8, 4) is 0 Å². The van der Waals surface area contributed by atoms with E-state index in [0.717, 1.165) is 8.95 Å². The highest BCUT2D eigenvalue weighted by Gasteiger charge is 2.04. The first-order valence-electron chi connectivity index (χ1n) is 5.02. The molecule has 78 valence electrons. The van der Waals surface area contributed by atoms with E-state index in [4.69, 9.17) is 0 Å². The Morgan fingerprint density at radius 3 is 2.25 bits per heavy atom. The average molecular weight is 336 g/mol. The monoisotopic (exact) mass is 334 g/mol. The SMILES string of the molecule is Brc1ccc2c(c1)cc(Br)c1ccccc12. The Morgan fingerprint density at radius 1 is 0.688 bits per heavy atom. The molecule has 0 amide bonds. The maximum Gasteiger partial charge on any atom is 0.0260 e. The van der Waals surface area contributed by atoms with E-state index in [9.17, 15) is 0 Å². The summed E-state index contributed by atoms with van der Waals surface area (Å²) in [6, 6.07) is 17.0. The highest BCUT2D eigenvalue weighted by molar-refractivity contribution is 9.11. The van der Waals surface area contributed by atoms with Crippen LogP contribution in [0.5, 0.6) is 0 Å². The lowest BCUT2D eigenvalue weighted by molar-refractivity contribution is 1.70. The van der Waals surface area contributed by atoms with Gasteiger partial charge in [0, 0.05) is 8.95 Å². The standard InChI is InChI=1S/C14H8Br2/c15-10-5-6-11-9(7-10)8-14(16)13-4-2-1-3-12(11)13/h1-8H. The largest absolute Gasteiger partial charge is 0.0616 e. The van der Waals surface area contributed by atoms with Gasteiger partial charge in [-0.15, -0.1) is 0 Å². The van der Waals surface area contributed by atoms with Crippen LogP contribution in [0.4, 0.5) is 0 Å². The molecule has 0 spiro atoms. The number of halogens is 2. The Kier molecular flexibility index (Phi) is 2.49. The molecule has 3 rings (SSSR count). The van der Waals surface area contributed by atoms with Crippen LogP contribution in [-0.4, -0.2) is 0 Å². The van der Waals surface area contributed by atoms with Crippen molar-refractivity contribution in [3.63, 3.8) is 0 Å². The summed E-state index contributed by atoms with van der Waals surface area (Å²) in [5.74, 6) is 0. The smallest absolute Gasteiger partial charge is 0.0260 e. The molecule has 3 aromatic carbocycles. The summed E-state index contributed by atoms with van der Waals surface area (Å²) < 4.78 is 2.26. The maximum absolute atomic E-state index is 3.63. The van der Waals surface area contributed by atoms with Gasteiger partial charge < -0.3 is 0 Å². The van der Waals surface area contributed by atoms with E-state index in [1.165, 1.54) is 21.5 Å². The molecule has 0 saturated carbocycles. The molecule has 16 heavy (non-hydrogen) atoms. The highest BCUT2D eigenvalue weighted by Crippen LogP contribution is 2.32. The third-order valence-electron chi connectivity index (χ3n) is 2.77. The van der Waals surface area contributed by atoms with Crippen molar-refractivity contribution in [2.75, 3.05) is 0 Å². The van der Waals surface area contributed by atoms with Crippen molar-refractivity contribution in [1.82, 2.24) is 0 Å². The molecular weight excluding hydrogens is 328 g/mol. The minimum Gasteiger partial charge on any atom is -0.0616 e. The van der Waals surface area contributed by atoms with Gasteiger partial charge in [-0.05, 0) is 39.7 Å². The quantitative estimate of drug-likeness (QED) is 0.474. The van der Waals surface area contributed by atoms with Crippen LogP contribution in [-0.2, 0) is 0 Å². The minimum absolute atomic E-state index is 1.11. The lowest BCUT2D eigenvalue weighted by atomic mass is 10.0. The summed E-state index contributed by atoms with van der Waals surface area (Å²) in [6.45, 7) is 0. The molecule has 0 unspecified atom stereocenters. The zero-order valence-electron chi connectivity index (χ0n) is 8.37. The van der Waals surface area contributed by atoms with E-state index in [0.29, 0.717) is 0 Å². The molecule has 0 fully saturated rings.